The van der Waals surface area contributed by atoms with Crippen molar-refractivity contribution in [3.05, 3.63) is 80.1 Å². The Hall–Kier alpha value is -2.34. The molecule has 0 saturated carbocycles. The van der Waals surface area contributed by atoms with Crippen LogP contribution in [0.4, 0.5) is 10.1 Å². The second-order valence-corrected chi connectivity index (χ2v) is 5.03. The average Bonchev–Trinajstić information content (AvgIpc) is 2.47. The molecule has 106 valence electrons. The molecule has 0 spiro atoms. The number of benzene rings is 2. The number of halogens is 2. The summed E-state index contributed by atoms with van der Waals surface area (Å²) in [7, 11) is 0. The Kier molecular flexibility index (Phi) is 4.59. The van der Waals surface area contributed by atoms with Crippen LogP contribution in [0.1, 0.15) is 15.9 Å². The van der Waals surface area contributed by atoms with Crippen LogP contribution >= 0.6 is 15.9 Å². The first-order valence-electron chi connectivity index (χ1n) is 5.89. The van der Waals surface area contributed by atoms with Gasteiger partial charge in [-0.25, -0.2) is 4.39 Å². The lowest BCUT2D eigenvalue weighted by atomic mass is 10.1. The molecule has 0 aliphatic heterocycles. The van der Waals surface area contributed by atoms with Gasteiger partial charge in [-0.1, -0.05) is 0 Å². The fraction of sp³-hybridized carbons (Fsp3) is 0. The van der Waals surface area contributed by atoms with Crippen LogP contribution in [0.15, 0.2) is 53.0 Å². The summed E-state index contributed by atoms with van der Waals surface area (Å²) in [5.41, 5.74) is 0.970. The van der Waals surface area contributed by atoms with E-state index in [9.17, 15) is 19.3 Å². The minimum absolute atomic E-state index is 0.0202. The van der Waals surface area contributed by atoms with Gasteiger partial charge in [0, 0.05) is 17.7 Å². The van der Waals surface area contributed by atoms with E-state index in [1.165, 1.54) is 48.5 Å². The molecule has 0 aliphatic carbocycles. The SMILES string of the molecule is O=C(C(Br)=Cc1ccc([N+](=O)[O-])cc1)c1ccc(F)cc1. The Labute approximate surface area is 128 Å². The summed E-state index contributed by atoms with van der Waals surface area (Å²) in [5, 5.41) is 10.6. The van der Waals surface area contributed by atoms with Crippen molar-refractivity contribution in [2.45, 2.75) is 0 Å². The Balaban J connectivity index is 2.21. The van der Waals surface area contributed by atoms with Gasteiger partial charge >= 0.3 is 0 Å². The van der Waals surface area contributed by atoms with Crippen LogP contribution in [0.25, 0.3) is 6.08 Å². The molecule has 0 fully saturated rings. The van der Waals surface area contributed by atoms with Crippen molar-refractivity contribution < 1.29 is 14.1 Å². The predicted molar refractivity (Wildman–Crippen MR) is 80.7 cm³/mol. The van der Waals surface area contributed by atoms with Gasteiger partial charge in [-0.2, -0.15) is 0 Å². The minimum atomic E-state index is -0.494. The smallest absolute Gasteiger partial charge is 0.269 e. The zero-order valence-corrected chi connectivity index (χ0v) is 12.2. The number of hydrogen-bond donors (Lipinski definition) is 0. The van der Waals surface area contributed by atoms with Gasteiger partial charge in [0.1, 0.15) is 5.82 Å². The summed E-state index contributed by atoms with van der Waals surface area (Å²) in [6, 6.07) is 11.0. The first-order chi connectivity index (χ1) is 9.97. The van der Waals surface area contributed by atoms with E-state index in [1.54, 1.807) is 6.08 Å². The molecule has 4 nitrogen and oxygen atoms in total. The highest BCUT2D eigenvalue weighted by atomic mass is 79.9. The molecular formula is C15H9BrFNO3. The van der Waals surface area contributed by atoms with Crippen molar-refractivity contribution in [3.8, 4) is 0 Å². The Bertz CT molecular complexity index is 709. The number of Topliss-reactive ketones (excluding diaryl/α,β-unsaturated/α-hetero) is 1. The van der Waals surface area contributed by atoms with Gasteiger partial charge in [0.2, 0.25) is 0 Å². The van der Waals surface area contributed by atoms with Crippen molar-refractivity contribution in [3.63, 3.8) is 0 Å². The second-order valence-electron chi connectivity index (χ2n) is 4.18. The number of nitro benzene ring substituents is 1. The Morgan fingerprint density at radius 1 is 1.10 bits per heavy atom. The van der Waals surface area contributed by atoms with Gasteiger partial charge in [0.15, 0.2) is 5.78 Å². The molecule has 0 unspecified atom stereocenters. The third-order valence-electron chi connectivity index (χ3n) is 2.72. The number of nitro groups is 1. The predicted octanol–water partition coefficient (Wildman–Crippen LogP) is 4.35. The van der Waals surface area contributed by atoms with E-state index in [2.05, 4.69) is 15.9 Å². The fourth-order valence-corrected chi connectivity index (χ4v) is 2.14. The van der Waals surface area contributed by atoms with E-state index in [0.29, 0.717) is 11.1 Å². The normalized spacial score (nSPS) is 11.2. The summed E-state index contributed by atoms with van der Waals surface area (Å²) < 4.78 is 13.1. The van der Waals surface area contributed by atoms with Gasteiger partial charge in [-0.05, 0) is 64.0 Å². The van der Waals surface area contributed by atoms with E-state index in [-0.39, 0.29) is 16.0 Å². The van der Waals surface area contributed by atoms with Crippen LogP contribution in [-0.4, -0.2) is 10.7 Å². The molecule has 0 radical (unpaired) electrons. The lowest BCUT2D eigenvalue weighted by Gasteiger charge is -2.00. The maximum Gasteiger partial charge on any atom is 0.269 e. The van der Waals surface area contributed by atoms with Gasteiger partial charge in [0.05, 0.1) is 9.41 Å². The van der Waals surface area contributed by atoms with E-state index < -0.39 is 10.7 Å². The topological polar surface area (TPSA) is 60.2 Å². The number of hydrogen-bond acceptors (Lipinski definition) is 3. The number of rotatable bonds is 4. The third kappa shape index (κ3) is 3.82. The van der Waals surface area contributed by atoms with E-state index >= 15 is 0 Å². The maximum atomic E-state index is 12.8. The van der Waals surface area contributed by atoms with Gasteiger partial charge < -0.3 is 0 Å². The molecule has 0 aromatic heterocycles. The molecule has 0 heterocycles. The summed E-state index contributed by atoms with van der Waals surface area (Å²) >= 11 is 3.17. The van der Waals surface area contributed by atoms with Crippen LogP contribution in [0.5, 0.6) is 0 Å². The van der Waals surface area contributed by atoms with Crippen LogP contribution in [0.3, 0.4) is 0 Å². The van der Waals surface area contributed by atoms with Crippen LogP contribution in [0.2, 0.25) is 0 Å². The first-order valence-corrected chi connectivity index (χ1v) is 6.68. The van der Waals surface area contributed by atoms with Crippen LogP contribution < -0.4 is 0 Å². The molecule has 0 aliphatic rings. The van der Waals surface area contributed by atoms with Crippen molar-refractivity contribution in [1.82, 2.24) is 0 Å². The molecule has 6 heteroatoms. The Morgan fingerprint density at radius 2 is 1.67 bits per heavy atom. The summed E-state index contributed by atoms with van der Waals surface area (Å²) in [5.74, 6) is -0.713. The quantitative estimate of drug-likeness (QED) is 0.356. The van der Waals surface area contributed by atoms with Crippen molar-refractivity contribution >= 4 is 33.5 Å². The standard InChI is InChI=1S/C15H9BrFNO3/c16-14(15(19)11-3-5-12(17)6-4-11)9-10-1-7-13(8-2-10)18(20)21/h1-9H. The van der Waals surface area contributed by atoms with Crippen molar-refractivity contribution in [2.75, 3.05) is 0 Å². The van der Waals surface area contributed by atoms with Gasteiger partial charge in [-0.3, -0.25) is 14.9 Å². The largest absolute Gasteiger partial charge is 0.288 e. The number of ketones is 1. The summed E-state index contributed by atoms with van der Waals surface area (Å²) in [4.78, 5) is 22.1. The summed E-state index contributed by atoms with van der Waals surface area (Å²) in [6.07, 6.45) is 1.55. The average molecular weight is 350 g/mol. The van der Waals surface area contributed by atoms with Gasteiger partial charge in [0.25, 0.3) is 5.69 Å². The minimum Gasteiger partial charge on any atom is -0.288 e. The highest BCUT2D eigenvalue weighted by Crippen LogP contribution is 2.20. The molecule has 0 amide bonds. The molecule has 2 aromatic carbocycles. The lowest BCUT2D eigenvalue weighted by molar-refractivity contribution is -0.384. The number of carbonyl (C=O) groups excluding carboxylic acids is 1. The highest BCUT2D eigenvalue weighted by molar-refractivity contribution is 9.12. The van der Waals surface area contributed by atoms with E-state index in [1.807, 2.05) is 0 Å². The molecular weight excluding hydrogens is 341 g/mol. The molecule has 2 aromatic rings. The van der Waals surface area contributed by atoms with Crippen molar-refractivity contribution in [1.29, 1.82) is 0 Å². The summed E-state index contributed by atoms with van der Waals surface area (Å²) in [6.45, 7) is 0. The highest BCUT2D eigenvalue weighted by Gasteiger charge is 2.10. The van der Waals surface area contributed by atoms with Crippen LogP contribution in [-0.2, 0) is 0 Å². The fourth-order valence-electron chi connectivity index (χ4n) is 1.64. The molecule has 0 bridgehead atoms. The zero-order chi connectivity index (χ0) is 15.4. The monoisotopic (exact) mass is 349 g/mol. The van der Waals surface area contributed by atoms with Gasteiger partial charge in [-0.15, -0.1) is 0 Å². The van der Waals surface area contributed by atoms with E-state index in [4.69, 9.17) is 0 Å². The Morgan fingerprint density at radius 3 is 2.19 bits per heavy atom. The molecule has 0 saturated heterocycles. The zero-order valence-electron chi connectivity index (χ0n) is 10.6. The van der Waals surface area contributed by atoms with Crippen molar-refractivity contribution in [2.24, 2.45) is 0 Å². The van der Waals surface area contributed by atoms with Crippen LogP contribution in [0, 0.1) is 15.9 Å². The number of allylic oxidation sites excluding steroid dienone is 1. The maximum absolute atomic E-state index is 12.8. The number of non-ortho nitro benzene ring substituents is 1. The van der Waals surface area contributed by atoms with E-state index in [0.717, 1.165) is 0 Å². The molecule has 0 atom stereocenters. The lowest BCUT2D eigenvalue weighted by Crippen LogP contribution is -1.98. The molecule has 21 heavy (non-hydrogen) atoms. The number of nitrogens with zero attached hydrogens (tertiary/aromatic N) is 1. The molecule has 0 N–H and O–H groups in total. The molecule has 2 rings (SSSR count). The third-order valence-corrected chi connectivity index (χ3v) is 3.31. The first kappa shape index (κ1) is 15.1. The number of carbonyl (C=O) groups is 1. The second kappa shape index (κ2) is 6.41.